The molecule has 4 fully saturated rings. The second-order valence-electron chi connectivity index (χ2n) is 10.6. The van der Waals surface area contributed by atoms with Gasteiger partial charge in [0.15, 0.2) is 18.9 Å². The Balaban J connectivity index is 1.52. The van der Waals surface area contributed by atoms with Gasteiger partial charge in [-0.05, 0) is 0 Å². The van der Waals surface area contributed by atoms with Gasteiger partial charge in [-0.15, -0.1) is 0 Å². The molecule has 0 aromatic rings. The van der Waals surface area contributed by atoms with Crippen LogP contribution >= 0.6 is 0 Å². The quantitative estimate of drug-likeness (QED) is 0.114. The van der Waals surface area contributed by atoms with Crippen molar-refractivity contribution < 1.29 is 94.4 Å². The number of aliphatic hydroxyl groups is 12. The van der Waals surface area contributed by atoms with Crippen LogP contribution in [0.2, 0.25) is 0 Å². The lowest BCUT2D eigenvalue weighted by Crippen LogP contribution is -2.66. The third-order valence-corrected chi connectivity index (χ3v) is 7.72. The van der Waals surface area contributed by atoms with Gasteiger partial charge in [-0.3, -0.25) is 0 Å². The molecule has 42 heavy (non-hydrogen) atoms. The summed E-state index contributed by atoms with van der Waals surface area (Å²) in [6, 6.07) is 0. The summed E-state index contributed by atoms with van der Waals surface area (Å²) < 4.78 is 38.5. The van der Waals surface area contributed by atoms with Crippen LogP contribution in [0.3, 0.4) is 0 Å². The Morgan fingerprint density at radius 3 is 1.62 bits per heavy atom. The summed E-state index contributed by atoms with van der Waals surface area (Å²) in [5.41, 5.74) is 0. The number of hydrogen-bond donors (Lipinski definition) is 12. The SMILES string of the molecule is OC[C@@H]1O[C@@H](O[C@H]2[C@H](O[C@H]3[C@@H](OC[C@H]4OC[C@H](O)[C@@H](O)[C@@H]4O)OC[C@@H](O)[C@@H]3O)O[C@H](CO)[C@H](O)[C@@H]2O)[C@@H](O)[C@H](O)[C@@H]1O. The van der Waals surface area contributed by atoms with E-state index in [0.29, 0.717) is 0 Å². The van der Waals surface area contributed by atoms with Gasteiger partial charge >= 0.3 is 0 Å². The fraction of sp³-hybridized carbons (Fsp3) is 1.00. The van der Waals surface area contributed by atoms with Gasteiger partial charge in [-0.2, -0.15) is 0 Å². The molecule has 0 unspecified atom stereocenters. The van der Waals surface area contributed by atoms with Gasteiger partial charge in [-0.1, -0.05) is 0 Å². The van der Waals surface area contributed by atoms with Gasteiger partial charge < -0.3 is 94.4 Å². The maximum absolute atomic E-state index is 10.8. The van der Waals surface area contributed by atoms with E-state index in [0.717, 1.165) is 0 Å². The van der Waals surface area contributed by atoms with Gasteiger partial charge in [0.2, 0.25) is 0 Å². The average Bonchev–Trinajstić information content (AvgIpc) is 2.98. The molecule has 246 valence electrons. The summed E-state index contributed by atoms with van der Waals surface area (Å²) in [6.07, 6.45) is -29.3. The van der Waals surface area contributed by atoms with Crippen LogP contribution in [0.4, 0.5) is 0 Å². The first-order valence-electron chi connectivity index (χ1n) is 13.4. The minimum absolute atomic E-state index is 0.311. The monoisotopic (exact) mass is 620 g/mol. The molecule has 0 aromatic carbocycles. The zero-order valence-electron chi connectivity index (χ0n) is 22.2. The molecule has 12 N–H and O–H groups in total. The summed E-state index contributed by atoms with van der Waals surface area (Å²) in [4.78, 5) is 0. The lowest BCUT2D eigenvalue weighted by molar-refractivity contribution is -0.389. The lowest BCUT2D eigenvalue weighted by Gasteiger charge is -2.47. The van der Waals surface area contributed by atoms with Crippen molar-refractivity contribution in [1.82, 2.24) is 0 Å². The Kier molecular flexibility index (Phi) is 11.8. The van der Waals surface area contributed by atoms with E-state index in [9.17, 15) is 61.3 Å². The van der Waals surface area contributed by atoms with Crippen molar-refractivity contribution in [3.8, 4) is 0 Å². The van der Waals surface area contributed by atoms with E-state index in [1.165, 1.54) is 0 Å². The first-order chi connectivity index (χ1) is 19.9. The predicted octanol–water partition coefficient (Wildman–Crippen LogP) is -8.43. The van der Waals surface area contributed by atoms with E-state index in [1.807, 2.05) is 0 Å². The van der Waals surface area contributed by atoms with E-state index in [1.54, 1.807) is 0 Å². The Morgan fingerprint density at radius 2 is 0.976 bits per heavy atom. The largest absolute Gasteiger partial charge is 0.394 e. The number of aliphatic hydroxyl groups excluding tert-OH is 12. The molecule has 18 atom stereocenters. The van der Waals surface area contributed by atoms with Gasteiger partial charge in [0.1, 0.15) is 91.6 Å². The van der Waals surface area contributed by atoms with Crippen LogP contribution in [0.25, 0.3) is 0 Å². The van der Waals surface area contributed by atoms with Crippen LogP contribution in [-0.2, 0) is 33.2 Å². The molecule has 0 aliphatic carbocycles. The molecule has 4 rings (SSSR count). The number of ether oxygens (including phenoxy) is 7. The highest BCUT2D eigenvalue weighted by molar-refractivity contribution is 4.95. The van der Waals surface area contributed by atoms with Crippen molar-refractivity contribution in [2.75, 3.05) is 33.0 Å². The van der Waals surface area contributed by atoms with Crippen molar-refractivity contribution in [2.24, 2.45) is 0 Å². The molecule has 4 aliphatic heterocycles. The molecule has 19 heteroatoms. The van der Waals surface area contributed by atoms with Crippen molar-refractivity contribution in [3.05, 3.63) is 0 Å². The van der Waals surface area contributed by atoms with Gasteiger partial charge in [0, 0.05) is 0 Å². The third-order valence-electron chi connectivity index (χ3n) is 7.72. The number of rotatable bonds is 9. The second-order valence-corrected chi connectivity index (χ2v) is 10.6. The van der Waals surface area contributed by atoms with Crippen LogP contribution in [-0.4, -0.2) is 205 Å². The standard InChI is InChI=1S/C23H40O19/c24-1-8-13(30)16(33)18(35)21(39-8)41-20-17(34)14(31)9(2-25)40-23(20)42-19-12(29)7(27)4-37-22(19)38-5-10-15(32)11(28)6(26)3-36-10/h6-35H,1-5H2/t6-,7+,8-,9+,10+,11+,12-,13+,14-,15+,16+,17-,18-,19+,20+,21-,22+,23-/m0/s1. The lowest BCUT2D eigenvalue weighted by atomic mass is 9.97. The fourth-order valence-corrected chi connectivity index (χ4v) is 5.06. The van der Waals surface area contributed by atoms with E-state index in [-0.39, 0.29) is 6.61 Å². The van der Waals surface area contributed by atoms with Crippen LogP contribution in [0.5, 0.6) is 0 Å². The highest BCUT2D eigenvalue weighted by Crippen LogP contribution is 2.32. The first-order valence-corrected chi connectivity index (χ1v) is 13.4. The van der Waals surface area contributed by atoms with Crippen molar-refractivity contribution in [1.29, 1.82) is 0 Å². The summed E-state index contributed by atoms with van der Waals surface area (Å²) in [5, 5.41) is 122. The van der Waals surface area contributed by atoms with E-state index in [4.69, 9.17) is 33.2 Å². The van der Waals surface area contributed by atoms with Gasteiger partial charge in [0.25, 0.3) is 0 Å². The molecule has 0 saturated carbocycles. The molecule has 19 nitrogen and oxygen atoms in total. The van der Waals surface area contributed by atoms with Gasteiger partial charge in [-0.25, -0.2) is 0 Å². The molecular formula is C23H40O19. The topological polar surface area (TPSA) is 307 Å². The highest BCUT2D eigenvalue weighted by atomic mass is 16.8. The van der Waals surface area contributed by atoms with Crippen LogP contribution < -0.4 is 0 Å². The van der Waals surface area contributed by atoms with Crippen LogP contribution in [0.15, 0.2) is 0 Å². The van der Waals surface area contributed by atoms with Crippen molar-refractivity contribution in [2.45, 2.75) is 110 Å². The Morgan fingerprint density at radius 1 is 0.476 bits per heavy atom. The predicted molar refractivity (Wildman–Crippen MR) is 127 cm³/mol. The molecule has 4 aliphatic rings. The Hall–Kier alpha value is -0.760. The zero-order chi connectivity index (χ0) is 30.9. The maximum atomic E-state index is 10.8. The summed E-state index contributed by atoms with van der Waals surface area (Å²) in [6.45, 7) is -2.80. The van der Waals surface area contributed by atoms with Crippen molar-refractivity contribution >= 4 is 0 Å². The summed E-state index contributed by atoms with van der Waals surface area (Å²) in [5.74, 6) is 0. The van der Waals surface area contributed by atoms with Gasteiger partial charge in [0.05, 0.1) is 33.0 Å². The Labute approximate surface area is 238 Å². The summed E-state index contributed by atoms with van der Waals surface area (Å²) in [7, 11) is 0. The van der Waals surface area contributed by atoms with Crippen LogP contribution in [0.1, 0.15) is 0 Å². The fourth-order valence-electron chi connectivity index (χ4n) is 5.06. The molecular weight excluding hydrogens is 580 g/mol. The highest BCUT2D eigenvalue weighted by Gasteiger charge is 2.53. The molecule has 4 saturated heterocycles. The van der Waals surface area contributed by atoms with Crippen LogP contribution in [0, 0.1) is 0 Å². The third kappa shape index (κ3) is 7.05. The smallest absolute Gasteiger partial charge is 0.187 e. The zero-order valence-corrected chi connectivity index (χ0v) is 22.2. The van der Waals surface area contributed by atoms with E-state index >= 15 is 0 Å². The number of hydrogen-bond acceptors (Lipinski definition) is 19. The van der Waals surface area contributed by atoms with E-state index in [2.05, 4.69) is 0 Å². The summed E-state index contributed by atoms with van der Waals surface area (Å²) >= 11 is 0. The molecule has 0 amide bonds. The first kappa shape index (κ1) is 34.1. The molecule has 0 bridgehead atoms. The molecule has 0 spiro atoms. The minimum Gasteiger partial charge on any atom is -0.394 e. The molecule has 4 heterocycles. The normalized spacial score (nSPS) is 52.3. The average molecular weight is 621 g/mol. The molecule has 0 aromatic heterocycles. The van der Waals surface area contributed by atoms with Crippen molar-refractivity contribution in [3.63, 3.8) is 0 Å². The minimum atomic E-state index is -1.92. The Bertz CT molecular complexity index is 838. The van der Waals surface area contributed by atoms with E-state index < -0.39 is 137 Å². The molecule has 0 radical (unpaired) electrons. The maximum Gasteiger partial charge on any atom is 0.187 e. The second kappa shape index (κ2) is 14.6.